The predicted molar refractivity (Wildman–Crippen MR) is 80.8 cm³/mol. The van der Waals surface area contributed by atoms with E-state index in [-0.39, 0.29) is 68.0 Å². The standard InChI is InChI=1S/C14H23N3O3.ClH/c1-10(15)11-4-2-3-8-16(11)14(20)7-9-17-12(18)5-6-13(17)19;/h10-11H,2-9,15H2,1H3;1H. The number of carbonyl (C=O) groups excluding carboxylic acids is 3. The van der Waals surface area contributed by atoms with Gasteiger partial charge in [-0.2, -0.15) is 0 Å². The first-order valence-electron chi connectivity index (χ1n) is 7.39. The molecule has 7 heteroatoms. The fourth-order valence-corrected chi connectivity index (χ4v) is 3.04. The molecule has 0 saturated carbocycles. The van der Waals surface area contributed by atoms with Crippen molar-refractivity contribution in [3.05, 3.63) is 0 Å². The molecule has 2 N–H and O–H groups in total. The molecule has 0 radical (unpaired) electrons. The number of hydrogen-bond acceptors (Lipinski definition) is 4. The lowest BCUT2D eigenvalue weighted by atomic mass is 9.96. The first kappa shape index (κ1) is 17.9. The molecule has 0 aliphatic carbocycles. The van der Waals surface area contributed by atoms with Gasteiger partial charge in [-0.25, -0.2) is 0 Å². The van der Waals surface area contributed by atoms with E-state index in [2.05, 4.69) is 0 Å². The number of amides is 3. The Kier molecular flexibility index (Phi) is 6.61. The average molecular weight is 318 g/mol. The highest BCUT2D eigenvalue weighted by Gasteiger charge is 2.32. The zero-order valence-electron chi connectivity index (χ0n) is 12.4. The van der Waals surface area contributed by atoms with Crippen LogP contribution in [0.2, 0.25) is 0 Å². The minimum Gasteiger partial charge on any atom is -0.338 e. The van der Waals surface area contributed by atoms with Gasteiger partial charge in [0.1, 0.15) is 0 Å². The predicted octanol–water partition coefficient (Wildman–Crippen LogP) is 0.676. The lowest BCUT2D eigenvalue weighted by molar-refractivity contribution is -0.140. The van der Waals surface area contributed by atoms with Gasteiger partial charge < -0.3 is 10.6 Å². The van der Waals surface area contributed by atoms with Gasteiger partial charge in [-0.05, 0) is 26.2 Å². The maximum atomic E-state index is 12.3. The highest BCUT2D eigenvalue weighted by atomic mass is 35.5. The van der Waals surface area contributed by atoms with Gasteiger partial charge in [0.2, 0.25) is 17.7 Å². The van der Waals surface area contributed by atoms with E-state index in [0.29, 0.717) is 0 Å². The summed E-state index contributed by atoms with van der Waals surface area (Å²) in [5.41, 5.74) is 5.95. The molecule has 6 nitrogen and oxygen atoms in total. The molecule has 2 aliphatic heterocycles. The Hall–Kier alpha value is -1.14. The van der Waals surface area contributed by atoms with Crippen LogP contribution in [0, 0.1) is 0 Å². The molecule has 0 aromatic carbocycles. The second-order valence-electron chi connectivity index (χ2n) is 5.70. The Balaban J connectivity index is 0.00000220. The maximum absolute atomic E-state index is 12.3. The summed E-state index contributed by atoms with van der Waals surface area (Å²) >= 11 is 0. The van der Waals surface area contributed by atoms with Gasteiger partial charge in [-0.3, -0.25) is 19.3 Å². The van der Waals surface area contributed by atoms with Crippen LogP contribution in [0.1, 0.15) is 45.4 Å². The summed E-state index contributed by atoms with van der Waals surface area (Å²) in [6.07, 6.45) is 3.79. The largest absolute Gasteiger partial charge is 0.338 e. The van der Waals surface area contributed by atoms with E-state index in [0.717, 1.165) is 25.8 Å². The van der Waals surface area contributed by atoms with Crippen LogP contribution < -0.4 is 5.73 Å². The molecule has 2 unspecified atom stereocenters. The third-order valence-electron chi connectivity index (χ3n) is 4.18. The maximum Gasteiger partial charge on any atom is 0.229 e. The van der Waals surface area contributed by atoms with Gasteiger partial charge in [0.05, 0.1) is 0 Å². The fourth-order valence-electron chi connectivity index (χ4n) is 3.04. The van der Waals surface area contributed by atoms with Gasteiger partial charge in [0.15, 0.2) is 0 Å². The van der Waals surface area contributed by atoms with Crippen LogP contribution in [-0.4, -0.2) is 52.7 Å². The molecule has 0 aromatic rings. The van der Waals surface area contributed by atoms with Gasteiger partial charge in [0.25, 0.3) is 0 Å². The highest BCUT2D eigenvalue weighted by Crippen LogP contribution is 2.20. The van der Waals surface area contributed by atoms with Gasteiger partial charge in [-0.1, -0.05) is 0 Å². The second-order valence-corrected chi connectivity index (χ2v) is 5.70. The smallest absolute Gasteiger partial charge is 0.229 e. The molecular weight excluding hydrogens is 294 g/mol. The minimum absolute atomic E-state index is 0. The number of rotatable bonds is 4. The minimum atomic E-state index is -0.162. The number of piperidine rings is 1. The molecule has 2 fully saturated rings. The fraction of sp³-hybridized carbons (Fsp3) is 0.786. The SMILES string of the molecule is CC(N)C1CCCCN1C(=O)CCN1C(=O)CCC1=O.Cl. The Bertz CT molecular complexity index is 398. The molecule has 2 rings (SSSR count). The average Bonchev–Trinajstić information content (AvgIpc) is 2.75. The third-order valence-corrected chi connectivity index (χ3v) is 4.18. The Morgan fingerprint density at radius 1 is 1.29 bits per heavy atom. The molecule has 0 spiro atoms. The molecule has 0 bridgehead atoms. The molecule has 21 heavy (non-hydrogen) atoms. The first-order valence-corrected chi connectivity index (χ1v) is 7.39. The summed E-state index contributed by atoms with van der Waals surface area (Å²) in [5.74, 6) is -0.324. The molecule has 2 aliphatic rings. The van der Waals surface area contributed by atoms with Crippen molar-refractivity contribution >= 4 is 30.1 Å². The van der Waals surface area contributed by atoms with E-state index in [9.17, 15) is 14.4 Å². The van der Waals surface area contributed by atoms with Crippen LogP contribution in [0.5, 0.6) is 0 Å². The molecule has 2 atom stereocenters. The van der Waals surface area contributed by atoms with E-state index in [1.54, 1.807) is 0 Å². The van der Waals surface area contributed by atoms with Crippen molar-refractivity contribution in [2.75, 3.05) is 13.1 Å². The third kappa shape index (κ3) is 4.17. The summed E-state index contributed by atoms with van der Waals surface area (Å²) < 4.78 is 0. The van der Waals surface area contributed by atoms with Gasteiger partial charge >= 0.3 is 0 Å². The topological polar surface area (TPSA) is 83.7 Å². The summed E-state index contributed by atoms with van der Waals surface area (Å²) in [4.78, 5) is 38.4. The molecule has 2 saturated heterocycles. The normalized spacial score (nSPS) is 24.0. The second kappa shape index (κ2) is 7.75. The van der Waals surface area contributed by atoms with Crippen LogP contribution in [0.3, 0.4) is 0 Å². The van der Waals surface area contributed by atoms with Crippen molar-refractivity contribution < 1.29 is 14.4 Å². The van der Waals surface area contributed by atoms with E-state index in [1.807, 2.05) is 11.8 Å². The molecule has 3 amide bonds. The van der Waals surface area contributed by atoms with Crippen molar-refractivity contribution in [1.82, 2.24) is 9.80 Å². The van der Waals surface area contributed by atoms with Crippen molar-refractivity contribution in [2.24, 2.45) is 5.73 Å². The number of likely N-dealkylation sites (tertiary alicyclic amines) is 2. The summed E-state index contributed by atoms with van der Waals surface area (Å²) in [7, 11) is 0. The summed E-state index contributed by atoms with van der Waals surface area (Å²) in [6, 6.07) is 0.0375. The number of carbonyl (C=O) groups is 3. The van der Waals surface area contributed by atoms with Crippen molar-refractivity contribution in [3.8, 4) is 0 Å². The van der Waals surface area contributed by atoms with Crippen LogP contribution in [0.15, 0.2) is 0 Å². The summed E-state index contributed by atoms with van der Waals surface area (Å²) in [6.45, 7) is 2.86. The Labute approximate surface area is 131 Å². The van der Waals surface area contributed by atoms with Crippen LogP contribution >= 0.6 is 12.4 Å². The van der Waals surface area contributed by atoms with Crippen molar-refractivity contribution in [1.29, 1.82) is 0 Å². The quantitative estimate of drug-likeness (QED) is 0.773. The zero-order chi connectivity index (χ0) is 14.7. The van der Waals surface area contributed by atoms with Crippen molar-refractivity contribution in [3.63, 3.8) is 0 Å². The summed E-state index contributed by atoms with van der Waals surface area (Å²) in [5, 5.41) is 0. The van der Waals surface area contributed by atoms with Crippen molar-refractivity contribution in [2.45, 2.75) is 57.5 Å². The van der Waals surface area contributed by atoms with E-state index < -0.39 is 0 Å². The number of nitrogens with two attached hydrogens (primary N) is 1. The number of hydrogen-bond donors (Lipinski definition) is 1. The monoisotopic (exact) mass is 317 g/mol. The Morgan fingerprint density at radius 2 is 1.90 bits per heavy atom. The molecule has 2 heterocycles. The van der Waals surface area contributed by atoms with E-state index >= 15 is 0 Å². The lowest BCUT2D eigenvalue weighted by Crippen LogP contribution is -2.52. The first-order chi connectivity index (χ1) is 9.50. The number of halogens is 1. The molecular formula is C14H24ClN3O3. The van der Waals surface area contributed by atoms with Crippen LogP contribution in [0.25, 0.3) is 0 Å². The number of nitrogens with zero attached hydrogens (tertiary/aromatic N) is 2. The molecule has 120 valence electrons. The zero-order valence-corrected chi connectivity index (χ0v) is 13.2. The lowest BCUT2D eigenvalue weighted by Gasteiger charge is -2.38. The highest BCUT2D eigenvalue weighted by molar-refractivity contribution is 6.02. The van der Waals surface area contributed by atoms with Crippen LogP contribution in [-0.2, 0) is 14.4 Å². The Morgan fingerprint density at radius 3 is 2.48 bits per heavy atom. The number of imide groups is 1. The van der Waals surface area contributed by atoms with Crippen LogP contribution in [0.4, 0.5) is 0 Å². The van der Waals surface area contributed by atoms with Gasteiger partial charge in [0, 0.05) is 44.4 Å². The van der Waals surface area contributed by atoms with E-state index in [4.69, 9.17) is 5.73 Å². The van der Waals surface area contributed by atoms with Gasteiger partial charge in [-0.15, -0.1) is 12.4 Å². The van der Waals surface area contributed by atoms with E-state index in [1.165, 1.54) is 4.90 Å². The molecule has 0 aromatic heterocycles.